The smallest absolute Gasteiger partial charge is 0.0989 e. The van der Waals surface area contributed by atoms with Crippen molar-refractivity contribution in [2.45, 2.75) is 51.4 Å². The van der Waals surface area contributed by atoms with Crippen LogP contribution in [0.5, 0.6) is 0 Å². The highest BCUT2D eigenvalue weighted by molar-refractivity contribution is 5.63. The van der Waals surface area contributed by atoms with Crippen molar-refractivity contribution in [3.8, 4) is 0 Å². The van der Waals surface area contributed by atoms with Crippen molar-refractivity contribution in [3.63, 3.8) is 0 Å². The molecular formula is C26H30N2. The fraction of sp³-hybridized carbons (Fsp3) is 0.385. The molecule has 1 saturated carbocycles. The van der Waals surface area contributed by atoms with Gasteiger partial charge in [-0.15, -0.1) is 0 Å². The van der Waals surface area contributed by atoms with Gasteiger partial charge in [-0.2, -0.15) is 0 Å². The first-order valence-electron chi connectivity index (χ1n) is 11.2. The Labute approximate surface area is 170 Å². The van der Waals surface area contributed by atoms with Crippen molar-refractivity contribution in [1.82, 2.24) is 4.90 Å². The van der Waals surface area contributed by atoms with Gasteiger partial charge in [0, 0.05) is 17.6 Å². The van der Waals surface area contributed by atoms with Crippen molar-refractivity contribution in [3.05, 3.63) is 89.4 Å². The van der Waals surface area contributed by atoms with Crippen LogP contribution in [0.25, 0.3) is 0 Å². The quantitative estimate of drug-likeness (QED) is 0.620. The average molecular weight is 372 g/mol. The van der Waals surface area contributed by atoms with Gasteiger partial charge in [-0.1, -0.05) is 73.9 Å². The molecule has 0 radical (unpaired) electrons. The first-order valence-corrected chi connectivity index (χ1v) is 10.7. The topological polar surface area (TPSA) is 6.48 Å². The number of anilines is 1. The van der Waals surface area contributed by atoms with E-state index >= 15 is 0 Å². The molecule has 2 nitrogen and oxygen atoms in total. The molecule has 2 atom stereocenters. The SMILES string of the molecule is [2H]C1N2C=CC(c3ccccc3)(C3CCCCC3)C2=C(C)N1c1ccccc1C. The van der Waals surface area contributed by atoms with Crippen molar-refractivity contribution >= 4 is 5.69 Å². The maximum Gasteiger partial charge on any atom is 0.0989 e. The Kier molecular flexibility index (Phi) is 4.03. The fourth-order valence-corrected chi connectivity index (χ4v) is 5.62. The van der Waals surface area contributed by atoms with Crippen LogP contribution >= 0.6 is 0 Å². The van der Waals surface area contributed by atoms with Crippen LogP contribution in [0.2, 0.25) is 0 Å². The van der Waals surface area contributed by atoms with Gasteiger partial charge < -0.3 is 9.80 Å². The van der Waals surface area contributed by atoms with Gasteiger partial charge in [0.2, 0.25) is 0 Å². The fourth-order valence-electron chi connectivity index (χ4n) is 5.62. The second kappa shape index (κ2) is 6.84. The summed E-state index contributed by atoms with van der Waals surface area (Å²) in [5.41, 5.74) is 6.16. The Morgan fingerprint density at radius 3 is 2.39 bits per heavy atom. The maximum absolute atomic E-state index is 9.09. The number of allylic oxidation sites excluding steroid dienone is 2. The zero-order valence-corrected chi connectivity index (χ0v) is 16.9. The molecule has 2 aromatic rings. The predicted octanol–water partition coefficient (Wildman–Crippen LogP) is 6.35. The van der Waals surface area contributed by atoms with Crippen LogP contribution in [0.15, 0.2) is 78.3 Å². The van der Waals surface area contributed by atoms with Crippen LogP contribution in [0.1, 0.15) is 51.5 Å². The summed E-state index contributed by atoms with van der Waals surface area (Å²) in [6.45, 7) is 3.92. The molecule has 28 heavy (non-hydrogen) atoms. The van der Waals surface area contributed by atoms with E-state index in [4.69, 9.17) is 1.37 Å². The second-order valence-electron chi connectivity index (χ2n) is 8.50. The second-order valence-corrected chi connectivity index (χ2v) is 8.50. The monoisotopic (exact) mass is 371 g/mol. The van der Waals surface area contributed by atoms with E-state index in [1.807, 2.05) is 0 Å². The molecule has 2 unspecified atom stereocenters. The third kappa shape index (κ3) is 2.54. The number of rotatable bonds is 3. The number of hydrogen-bond acceptors (Lipinski definition) is 2. The van der Waals surface area contributed by atoms with E-state index in [-0.39, 0.29) is 5.41 Å². The number of nitrogens with zero attached hydrogens (tertiary/aromatic N) is 2. The van der Waals surface area contributed by atoms with Crippen LogP contribution < -0.4 is 4.90 Å². The van der Waals surface area contributed by atoms with Gasteiger partial charge >= 0.3 is 0 Å². The van der Waals surface area contributed by atoms with Crippen molar-refractivity contribution in [2.24, 2.45) is 5.92 Å². The number of aryl methyl sites for hydroxylation is 1. The minimum atomic E-state index is -0.448. The molecule has 2 aliphatic heterocycles. The molecule has 1 aliphatic carbocycles. The zero-order valence-electron chi connectivity index (χ0n) is 17.9. The van der Waals surface area contributed by atoms with Crippen LogP contribution in [0.3, 0.4) is 0 Å². The lowest BCUT2D eigenvalue weighted by Crippen LogP contribution is -2.37. The van der Waals surface area contributed by atoms with E-state index < -0.39 is 6.64 Å². The summed E-state index contributed by atoms with van der Waals surface area (Å²) in [5, 5.41) is 0. The normalized spacial score (nSPS) is 28.1. The van der Waals surface area contributed by atoms with Gasteiger partial charge in [0.05, 0.1) is 19.1 Å². The van der Waals surface area contributed by atoms with Crippen molar-refractivity contribution < 1.29 is 1.37 Å². The Morgan fingerprint density at radius 1 is 0.929 bits per heavy atom. The van der Waals surface area contributed by atoms with E-state index in [0.29, 0.717) is 5.92 Å². The highest BCUT2D eigenvalue weighted by atomic mass is 15.4. The first kappa shape index (κ1) is 16.5. The first-order chi connectivity index (χ1) is 14.1. The number of fused-ring (bicyclic) bond motifs is 1. The molecule has 1 fully saturated rings. The molecule has 3 aliphatic rings. The Balaban J connectivity index is 1.69. The number of hydrogen-bond donors (Lipinski definition) is 0. The van der Waals surface area contributed by atoms with E-state index in [9.17, 15) is 0 Å². The molecule has 0 bridgehead atoms. The number of benzene rings is 2. The Hall–Kier alpha value is -2.48. The van der Waals surface area contributed by atoms with Crippen LogP contribution in [-0.4, -0.2) is 11.5 Å². The highest BCUT2D eigenvalue weighted by Gasteiger charge is 2.50. The summed E-state index contributed by atoms with van der Waals surface area (Å²) in [6.07, 6.45) is 11.1. The Morgan fingerprint density at radius 2 is 1.64 bits per heavy atom. The third-order valence-corrected chi connectivity index (χ3v) is 6.97. The molecule has 0 aromatic heterocycles. The summed E-state index contributed by atoms with van der Waals surface area (Å²) < 4.78 is 9.09. The molecule has 5 rings (SSSR count). The van der Waals surface area contributed by atoms with E-state index in [0.717, 1.165) is 5.69 Å². The van der Waals surface area contributed by atoms with Gasteiger partial charge in [0.15, 0.2) is 0 Å². The van der Waals surface area contributed by atoms with Gasteiger partial charge in [0.1, 0.15) is 0 Å². The minimum absolute atomic E-state index is 0.123. The van der Waals surface area contributed by atoms with Crippen molar-refractivity contribution in [1.29, 1.82) is 0 Å². The highest BCUT2D eigenvalue weighted by Crippen LogP contribution is 2.54. The molecule has 0 N–H and O–H groups in total. The van der Waals surface area contributed by atoms with E-state index in [1.165, 1.54) is 54.6 Å². The number of para-hydroxylation sites is 1. The van der Waals surface area contributed by atoms with Crippen LogP contribution in [-0.2, 0) is 5.41 Å². The van der Waals surface area contributed by atoms with E-state index in [1.54, 1.807) is 0 Å². The molecule has 0 spiro atoms. The molecule has 2 heterocycles. The summed E-state index contributed by atoms with van der Waals surface area (Å²) in [4.78, 5) is 4.43. The molecule has 2 heteroatoms. The van der Waals surface area contributed by atoms with Gasteiger partial charge in [-0.25, -0.2) is 0 Å². The molecule has 0 amide bonds. The van der Waals surface area contributed by atoms with Gasteiger partial charge in [0.25, 0.3) is 0 Å². The van der Waals surface area contributed by atoms with Gasteiger partial charge in [-0.3, -0.25) is 0 Å². The summed E-state index contributed by atoms with van der Waals surface area (Å²) >= 11 is 0. The van der Waals surface area contributed by atoms with Crippen LogP contribution in [0, 0.1) is 12.8 Å². The lowest BCUT2D eigenvalue weighted by atomic mass is 9.63. The van der Waals surface area contributed by atoms with Crippen molar-refractivity contribution in [2.75, 3.05) is 11.5 Å². The van der Waals surface area contributed by atoms with E-state index in [2.05, 4.69) is 90.5 Å². The zero-order chi connectivity index (χ0) is 20.0. The molecule has 0 saturated heterocycles. The molecular weight excluding hydrogens is 340 g/mol. The third-order valence-electron chi connectivity index (χ3n) is 6.97. The van der Waals surface area contributed by atoms with Crippen LogP contribution in [0.4, 0.5) is 5.69 Å². The predicted molar refractivity (Wildman–Crippen MR) is 117 cm³/mol. The maximum atomic E-state index is 9.09. The Bertz CT molecular complexity index is 958. The molecule has 2 aromatic carbocycles. The lowest BCUT2D eigenvalue weighted by Gasteiger charge is -2.41. The lowest BCUT2D eigenvalue weighted by molar-refractivity contribution is 0.260. The average Bonchev–Trinajstić information content (AvgIpc) is 3.28. The largest absolute Gasteiger partial charge is 0.331 e. The van der Waals surface area contributed by atoms with Gasteiger partial charge in [-0.05, 0) is 49.8 Å². The standard InChI is InChI=1S/C26H30N2/c1-20-11-9-10-16-24(20)28-19-27-18-17-26(25(27)21(28)2,22-12-5-3-6-13-22)23-14-7-4-8-15-23/h3,5-6,9-13,16-18,23H,4,7-8,14-15,19H2,1-2H3/i19D. The summed E-state index contributed by atoms with van der Waals surface area (Å²) in [5.74, 6) is 0.592. The summed E-state index contributed by atoms with van der Waals surface area (Å²) in [7, 11) is 0. The summed E-state index contributed by atoms with van der Waals surface area (Å²) in [6, 6.07) is 19.5. The minimum Gasteiger partial charge on any atom is -0.331 e. The molecule has 144 valence electrons.